The van der Waals surface area contributed by atoms with Crippen molar-refractivity contribution in [2.75, 3.05) is 19.6 Å². The normalized spacial score (nSPS) is 36.1. The minimum atomic E-state index is -4.38. The molecule has 0 radical (unpaired) electrons. The van der Waals surface area contributed by atoms with Crippen molar-refractivity contribution in [2.45, 2.75) is 18.6 Å². The smallest absolute Gasteiger partial charge is 0.330 e. The van der Waals surface area contributed by atoms with Gasteiger partial charge in [-0.05, 0) is 12.5 Å². The van der Waals surface area contributed by atoms with E-state index in [1.807, 2.05) is 6.92 Å². The molecule has 3 rings (SSSR count). The summed E-state index contributed by atoms with van der Waals surface area (Å²) in [5.74, 6) is -3.15. The first-order chi connectivity index (χ1) is 8.86. The van der Waals surface area contributed by atoms with Crippen LogP contribution in [0.5, 0.6) is 0 Å². The molecule has 20 heavy (non-hydrogen) atoms. The maximum atomic E-state index is 13.1. The molecule has 112 valence electrons. The van der Waals surface area contributed by atoms with Gasteiger partial charge in [-0.2, -0.15) is 13.2 Å². The molecule has 2 aliphatic heterocycles. The number of allylic oxidation sites excluding steroid dienone is 3. The minimum Gasteiger partial charge on any atom is -0.330 e. The lowest BCUT2D eigenvalue weighted by Crippen LogP contribution is -2.57. The number of carbonyl (C=O) groups is 1. The second kappa shape index (κ2) is 4.77. The van der Waals surface area contributed by atoms with Crippen molar-refractivity contribution in [1.82, 2.24) is 10.2 Å². The van der Waals surface area contributed by atoms with E-state index in [4.69, 9.17) is 0 Å². The molecular weight excluding hydrogens is 293 g/mol. The third kappa shape index (κ3) is 1.97. The lowest BCUT2D eigenvalue weighted by Gasteiger charge is -2.40. The predicted octanol–water partition coefficient (Wildman–Crippen LogP) is 1.90. The van der Waals surface area contributed by atoms with E-state index in [0.29, 0.717) is 25.2 Å². The van der Waals surface area contributed by atoms with Crippen LogP contribution in [-0.4, -0.2) is 42.2 Å². The van der Waals surface area contributed by atoms with E-state index >= 15 is 0 Å². The SMILES string of the molecule is CC12CNCCN1C(=O)C1C2=CC=CC1C(F)(F)F.Cl. The highest BCUT2D eigenvalue weighted by atomic mass is 35.5. The summed E-state index contributed by atoms with van der Waals surface area (Å²) in [5, 5.41) is 3.16. The summed E-state index contributed by atoms with van der Waals surface area (Å²) < 4.78 is 39.3. The van der Waals surface area contributed by atoms with Gasteiger partial charge in [0.25, 0.3) is 0 Å². The molecule has 2 saturated heterocycles. The first kappa shape index (κ1) is 15.4. The van der Waals surface area contributed by atoms with Gasteiger partial charge >= 0.3 is 6.18 Å². The molecule has 3 unspecified atom stereocenters. The Hall–Kier alpha value is -1.01. The Morgan fingerprint density at radius 2 is 2.15 bits per heavy atom. The van der Waals surface area contributed by atoms with Crippen LogP contribution in [0.3, 0.4) is 0 Å². The van der Waals surface area contributed by atoms with Gasteiger partial charge in [0.15, 0.2) is 0 Å². The molecule has 3 atom stereocenters. The fourth-order valence-corrected chi connectivity index (χ4v) is 3.43. The second-order valence-electron chi connectivity index (χ2n) is 5.49. The zero-order valence-corrected chi connectivity index (χ0v) is 11.7. The van der Waals surface area contributed by atoms with E-state index in [1.165, 1.54) is 6.08 Å². The Labute approximate surface area is 121 Å². The Balaban J connectivity index is 0.00000147. The second-order valence-corrected chi connectivity index (χ2v) is 5.49. The molecule has 0 aromatic heterocycles. The van der Waals surface area contributed by atoms with Crippen molar-refractivity contribution in [3.05, 3.63) is 23.8 Å². The van der Waals surface area contributed by atoms with Crippen LogP contribution in [0.15, 0.2) is 23.8 Å². The molecule has 7 heteroatoms. The number of nitrogens with zero attached hydrogens (tertiary/aromatic N) is 1. The number of hydrogen-bond acceptors (Lipinski definition) is 2. The summed E-state index contributed by atoms with van der Waals surface area (Å²) in [6.07, 6.45) is -0.172. The molecule has 1 N–H and O–H groups in total. The van der Waals surface area contributed by atoms with Gasteiger partial charge in [0.2, 0.25) is 5.91 Å². The van der Waals surface area contributed by atoms with Gasteiger partial charge in [-0.1, -0.05) is 18.2 Å². The minimum absolute atomic E-state index is 0. The highest BCUT2D eigenvalue weighted by molar-refractivity contribution is 5.89. The van der Waals surface area contributed by atoms with Crippen LogP contribution >= 0.6 is 12.4 Å². The maximum Gasteiger partial charge on any atom is 0.396 e. The van der Waals surface area contributed by atoms with Crippen LogP contribution in [0.2, 0.25) is 0 Å². The molecule has 0 aromatic rings. The highest BCUT2D eigenvalue weighted by Crippen LogP contribution is 2.49. The summed E-state index contributed by atoms with van der Waals surface area (Å²) in [5.41, 5.74) is -0.0247. The molecular formula is C13H16ClF3N2O. The van der Waals surface area contributed by atoms with Gasteiger partial charge in [-0.3, -0.25) is 4.79 Å². The quantitative estimate of drug-likeness (QED) is 0.741. The lowest BCUT2D eigenvalue weighted by molar-refractivity contribution is -0.175. The van der Waals surface area contributed by atoms with E-state index in [1.54, 1.807) is 11.0 Å². The van der Waals surface area contributed by atoms with E-state index in [9.17, 15) is 18.0 Å². The fraction of sp³-hybridized carbons (Fsp3) is 0.615. The summed E-state index contributed by atoms with van der Waals surface area (Å²) in [6, 6.07) is 0. The van der Waals surface area contributed by atoms with E-state index in [2.05, 4.69) is 5.32 Å². The number of rotatable bonds is 0. The number of carbonyl (C=O) groups excluding carboxylic acids is 1. The van der Waals surface area contributed by atoms with Gasteiger partial charge in [-0.15, -0.1) is 12.4 Å². The van der Waals surface area contributed by atoms with E-state index in [0.717, 1.165) is 6.08 Å². The summed E-state index contributed by atoms with van der Waals surface area (Å²) in [6.45, 7) is 3.45. The average Bonchev–Trinajstić information content (AvgIpc) is 2.58. The molecule has 0 bridgehead atoms. The standard InChI is InChI=1S/C13H15F3N2O.ClH/c1-12-7-17-5-6-18(12)11(19)10-8(12)3-2-4-9(10)13(14,15)16;/h2-4,9-10,17H,5-7H2,1H3;1H. The fourth-order valence-electron chi connectivity index (χ4n) is 3.43. The highest BCUT2D eigenvalue weighted by Gasteiger charge is 2.59. The third-order valence-corrected chi connectivity index (χ3v) is 4.40. The summed E-state index contributed by atoms with van der Waals surface area (Å²) >= 11 is 0. The van der Waals surface area contributed by atoms with E-state index < -0.39 is 23.6 Å². The van der Waals surface area contributed by atoms with Crippen molar-refractivity contribution in [3.8, 4) is 0 Å². The van der Waals surface area contributed by atoms with Crippen molar-refractivity contribution < 1.29 is 18.0 Å². The van der Waals surface area contributed by atoms with Crippen molar-refractivity contribution in [1.29, 1.82) is 0 Å². The molecule has 0 aromatic carbocycles. The van der Waals surface area contributed by atoms with Gasteiger partial charge in [0.05, 0.1) is 17.4 Å². The Kier molecular flexibility index (Phi) is 3.67. The number of halogens is 4. The predicted molar refractivity (Wildman–Crippen MR) is 70.5 cm³/mol. The van der Waals surface area contributed by atoms with Crippen molar-refractivity contribution in [2.24, 2.45) is 11.8 Å². The van der Waals surface area contributed by atoms with Crippen LogP contribution in [0.1, 0.15) is 6.92 Å². The Morgan fingerprint density at radius 1 is 1.45 bits per heavy atom. The number of fused-ring (bicyclic) bond motifs is 3. The largest absolute Gasteiger partial charge is 0.396 e. The molecule has 2 heterocycles. The van der Waals surface area contributed by atoms with Gasteiger partial charge in [-0.25, -0.2) is 0 Å². The number of hydrogen-bond donors (Lipinski definition) is 1. The van der Waals surface area contributed by atoms with Gasteiger partial charge in [0.1, 0.15) is 0 Å². The Bertz CT molecular complexity index is 488. The zero-order valence-electron chi connectivity index (χ0n) is 10.9. The van der Waals surface area contributed by atoms with Crippen LogP contribution in [0.25, 0.3) is 0 Å². The van der Waals surface area contributed by atoms with Crippen LogP contribution < -0.4 is 5.32 Å². The molecule has 0 saturated carbocycles. The van der Waals surface area contributed by atoms with Gasteiger partial charge in [0, 0.05) is 19.6 Å². The maximum absolute atomic E-state index is 13.1. The number of amides is 1. The van der Waals surface area contributed by atoms with Crippen LogP contribution in [0, 0.1) is 11.8 Å². The summed E-state index contributed by atoms with van der Waals surface area (Å²) in [4.78, 5) is 14.0. The van der Waals surface area contributed by atoms with Crippen molar-refractivity contribution in [3.63, 3.8) is 0 Å². The molecule has 1 aliphatic carbocycles. The molecule has 1 amide bonds. The number of nitrogens with one attached hydrogen (secondary N) is 1. The number of piperazine rings is 1. The first-order valence-corrected chi connectivity index (χ1v) is 6.33. The molecule has 2 fully saturated rings. The zero-order chi connectivity index (χ0) is 13.8. The molecule has 3 nitrogen and oxygen atoms in total. The third-order valence-electron chi connectivity index (χ3n) is 4.40. The van der Waals surface area contributed by atoms with Crippen LogP contribution in [0.4, 0.5) is 13.2 Å². The van der Waals surface area contributed by atoms with E-state index in [-0.39, 0.29) is 18.3 Å². The summed E-state index contributed by atoms with van der Waals surface area (Å²) in [7, 11) is 0. The van der Waals surface area contributed by atoms with Crippen molar-refractivity contribution >= 4 is 18.3 Å². The topological polar surface area (TPSA) is 32.3 Å². The molecule has 0 spiro atoms. The average molecular weight is 309 g/mol. The lowest BCUT2D eigenvalue weighted by atomic mass is 9.77. The van der Waals surface area contributed by atoms with Gasteiger partial charge < -0.3 is 10.2 Å². The Morgan fingerprint density at radius 3 is 2.80 bits per heavy atom. The molecule has 3 aliphatic rings. The number of alkyl halides is 3. The van der Waals surface area contributed by atoms with Crippen LogP contribution in [-0.2, 0) is 4.79 Å². The monoisotopic (exact) mass is 308 g/mol. The first-order valence-electron chi connectivity index (χ1n) is 6.33.